The van der Waals surface area contributed by atoms with Crippen LogP contribution in [-0.4, -0.2) is 63.6 Å². The molecule has 0 bridgehead atoms. The Morgan fingerprint density at radius 1 is 0.667 bits per heavy atom. The van der Waals surface area contributed by atoms with Crippen molar-refractivity contribution in [1.82, 2.24) is 10.6 Å². The van der Waals surface area contributed by atoms with Crippen molar-refractivity contribution in [3.05, 3.63) is 0 Å². The van der Waals surface area contributed by atoms with Crippen LogP contribution in [0.25, 0.3) is 0 Å². The number of hydrogen-bond acceptors (Lipinski definition) is 8. The van der Waals surface area contributed by atoms with Crippen LogP contribution in [0.15, 0.2) is 0 Å². The Bertz CT molecular complexity index is 411. The molecule has 0 unspecified atom stereocenters. The maximum Gasteiger partial charge on any atom is 0.319 e. The molecule has 0 radical (unpaired) electrons. The first-order valence-corrected chi connectivity index (χ1v) is 12.2. The molecule has 0 spiro atoms. The van der Waals surface area contributed by atoms with Gasteiger partial charge in [0.1, 0.15) is 0 Å². The lowest BCUT2D eigenvalue weighted by Crippen LogP contribution is -2.21. The van der Waals surface area contributed by atoms with Gasteiger partial charge < -0.3 is 10.6 Å². The van der Waals surface area contributed by atoms with E-state index in [9.17, 15) is 16.8 Å². The maximum atomic E-state index is 10.4. The summed E-state index contributed by atoms with van der Waals surface area (Å²) in [5.41, 5.74) is 0. The molecule has 0 rings (SSSR count). The summed E-state index contributed by atoms with van der Waals surface area (Å²) in [6.07, 6.45) is 2.54. The summed E-state index contributed by atoms with van der Waals surface area (Å²) in [4.78, 5) is 0. The van der Waals surface area contributed by atoms with Gasteiger partial charge in [-0.3, -0.25) is 9.11 Å². The highest BCUT2D eigenvalue weighted by atomic mass is 33.2. The molecule has 0 aromatic rings. The highest BCUT2D eigenvalue weighted by Crippen LogP contribution is 2.09. The number of unbranched alkanes of at least 4 members (excludes halogenated alkanes) is 1. The van der Waals surface area contributed by atoms with Crippen LogP contribution in [0.2, 0.25) is 0 Å². The minimum absolute atomic E-state index is 0.308. The van der Waals surface area contributed by atoms with Crippen LogP contribution >= 0.6 is 21.6 Å². The lowest BCUT2D eigenvalue weighted by molar-refractivity contribution is 0.500. The van der Waals surface area contributed by atoms with E-state index < -0.39 is 18.3 Å². The normalized spacial score (nSPS) is 12.7. The molecule has 8 nitrogen and oxygen atoms in total. The standard InChI is InChI=1S/C9H22N2O6S4/c12-20(13,14)18-8-3-6-10-4-1-2-5-11-7-9-19-21(15,16)17/h10-11H,1-9H2,(H,12,13,14)(H,15,16,17). The fraction of sp³-hybridized carbons (Fsp3) is 1.00. The first kappa shape index (κ1) is 21.4. The average molecular weight is 383 g/mol. The molecular formula is C9H22N2O6S4. The summed E-state index contributed by atoms with van der Waals surface area (Å²) in [5.74, 6) is 0.668. The van der Waals surface area contributed by atoms with Crippen molar-refractivity contribution in [1.29, 1.82) is 0 Å². The van der Waals surface area contributed by atoms with E-state index in [0.29, 0.717) is 52.6 Å². The zero-order valence-electron chi connectivity index (χ0n) is 11.5. The molecule has 0 atom stereocenters. The van der Waals surface area contributed by atoms with Crippen LogP contribution in [0.5, 0.6) is 0 Å². The fourth-order valence-electron chi connectivity index (χ4n) is 1.33. The second kappa shape index (κ2) is 11.9. The number of rotatable bonds is 14. The molecule has 0 aromatic heterocycles. The van der Waals surface area contributed by atoms with E-state index in [2.05, 4.69) is 10.6 Å². The largest absolute Gasteiger partial charge is 0.319 e. The van der Waals surface area contributed by atoms with Gasteiger partial charge in [0.2, 0.25) is 0 Å². The summed E-state index contributed by atoms with van der Waals surface area (Å²) in [7, 11) is -6.82. The predicted octanol–water partition coefficient (Wildman–Crippen LogP) is 0.408. The molecule has 0 aliphatic rings. The molecule has 0 amide bonds. The molecule has 0 aliphatic carbocycles. The van der Waals surface area contributed by atoms with Crippen LogP contribution in [0.4, 0.5) is 0 Å². The van der Waals surface area contributed by atoms with Gasteiger partial charge in [-0.05, 0) is 60.5 Å². The van der Waals surface area contributed by atoms with Gasteiger partial charge in [-0.25, -0.2) is 0 Å². The smallest absolute Gasteiger partial charge is 0.317 e. The van der Waals surface area contributed by atoms with Crippen LogP contribution in [-0.2, 0) is 18.3 Å². The van der Waals surface area contributed by atoms with E-state index in [-0.39, 0.29) is 0 Å². The monoisotopic (exact) mass is 382 g/mol. The minimum atomic E-state index is -3.93. The van der Waals surface area contributed by atoms with E-state index in [1.807, 2.05) is 0 Å². The maximum absolute atomic E-state index is 10.4. The zero-order chi connectivity index (χ0) is 16.2. The predicted molar refractivity (Wildman–Crippen MR) is 87.6 cm³/mol. The molecule has 0 saturated carbocycles. The molecule has 0 saturated heterocycles. The Morgan fingerprint density at radius 2 is 1.10 bits per heavy atom. The van der Waals surface area contributed by atoms with Crippen LogP contribution in [0.3, 0.4) is 0 Å². The van der Waals surface area contributed by atoms with Crippen LogP contribution in [0.1, 0.15) is 19.3 Å². The topological polar surface area (TPSA) is 133 Å². The third-order valence-electron chi connectivity index (χ3n) is 2.20. The second-order valence-electron chi connectivity index (χ2n) is 4.06. The Morgan fingerprint density at radius 3 is 1.62 bits per heavy atom. The molecule has 128 valence electrons. The molecule has 21 heavy (non-hydrogen) atoms. The van der Waals surface area contributed by atoms with Gasteiger partial charge in [0.25, 0.3) is 0 Å². The molecule has 0 fully saturated rings. The molecule has 12 heteroatoms. The van der Waals surface area contributed by atoms with E-state index in [4.69, 9.17) is 9.11 Å². The first-order valence-electron chi connectivity index (χ1n) is 6.36. The average Bonchev–Trinajstić information content (AvgIpc) is 2.32. The van der Waals surface area contributed by atoms with Crippen molar-refractivity contribution in [2.45, 2.75) is 19.3 Å². The quantitative estimate of drug-likeness (QED) is 0.190. The van der Waals surface area contributed by atoms with Gasteiger partial charge in [-0.15, -0.1) is 0 Å². The van der Waals surface area contributed by atoms with Gasteiger partial charge in [-0.1, -0.05) is 0 Å². The number of hydrogen-bond donors (Lipinski definition) is 4. The van der Waals surface area contributed by atoms with Crippen molar-refractivity contribution < 1.29 is 25.9 Å². The SMILES string of the molecule is O=S(=O)(O)SCCCNCCCCNCCSS(=O)(=O)O. The molecule has 0 aliphatic heterocycles. The molecule has 4 N–H and O–H groups in total. The summed E-state index contributed by atoms with van der Waals surface area (Å²) in [6.45, 7) is 2.80. The summed E-state index contributed by atoms with van der Waals surface area (Å²) in [6, 6.07) is 0. The Kier molecular flexibility index (Phi) is 12.2. The van der Waals surface area contributed by atoms with Crippen LogP contribution in [0, 0.1) is 0 Å². The third kappa shape index (κ3) is 20.4. The summed E-state index contributed by atoms with van der Waals surface area (Å²) < 4.78 is 58.6. The fourth-order valence-corrected chi connectivity index (χ4v) is 4.11. The van der Waals surface area contributed by atoms with Gasteiger partial charge in [0, 0.05) is 18.1 Å². The summed E-state index contributed by atoms with van der Waals surface area (Å²) >= 11 is 0. The highest BCUT2D eigenvalue weighted by molar-refractivity contribution is 8.70. The molecule has 0 aromatic carbocycles. The van der Waals surface area contributed by atoms with Gasteiger partial charge in [0.05, 0.1) is 0 Å². The molecule has 0 heterocycles. The Balaban J connectivity index is 3.16. The highest BCUT2D eigenvalue weighted by Gasteiger charge is 2.04. The lowest BCUT2D eigenvalue weighted by atomic mass is 10.3. The summed E-state index contributed by atoms with van der Waals surface area (Å²) in [5, 5.41) is 6.22. The van der Waals surface area contributed by atoms with E-state index in [1.165, 1.54) is 0 Å². The van der Waals surface area contributed by atoms with Gasteiger partial charge in [0.15, 0.2) is 0 Å². The lowest BCUT2D eigenvalue weighted by Gasteiger charge is -2.05. The molecular weight excluding hydrogens is 360 g/mol. The van der Waals surface area contributed by atoms with Crippen molar-refractivity contribution in [3.63, 3.8) is 0 Å². The number of nitrogens with one attached hydrogen (secondary N) is 2. The van der Waals surface area contributed by atoms with Crippen molar-refractivity contribution in [3.8, 4) is 0 Å². The van der Waals surface area contributed by atoms with Gasteiger partial charge in [-0.2, -0.15) is 16.8 Å². The minimum Gasteiger partial charge on any atom is -0.317 e. The van der Waals surface area contributed by atoms with E-state index >= 15 is 0 Å². The Labute approximate surface area is 133 Å². The first-order chi connectivity index (χ1) is 9.71. The third-order valence-corrected chi connectivity index (χ3v) is 6.41. The zero-order valence-corrected chi connectivity index (χ0v) is 14.8. The van der Waals surface area contributed by atoms with E-state index in [0.717, 1.165) is 25.9 Å². The second-order valence-corrected chi connectivity index (χ2v) is 11.0. The van der Waals surface area contributed by atoms with Crippen LogP contribution < -0.4 is 10.6 Å². The Hall–Kier alpha value is 0.440. The van der Waals surface area contributed by atoms with Crippen molar-refractivity contribution in [2.24, 2.45) is 0 Å². The van der Waals surface area contributed by atoms with Crippen molar-refractivity contribution in [2.75, 3.05) is 37.7 Å². The van der Waals surface area contributed by atoms with E-state index in [1.54, 1.807) is 0 Å². The van der Waals surface area contributed by atoms with Crippen molar-refractivity contribution >= 4 is 39.9 Å². The van der Waals surface area contributed by atoms with Gasteiger partial charge >= 0.3 is 18.3 Å².